The number of anilines is 1. The number of rotatable bonds is 5. The molecule has 196 valence electrons. The van der Waals surface area contributed by atoms with Gasteiger partial charge < -0.3 is 19.3 Å². The highest BCUT2D eigenvalue weighted by Crippen LogP contribution is 2.35. The molecule has 0 bridgehead atoms. The lowest BCUT2D eigenvalue weighted by Gasteiger charge is -2.40. The Labute approximate surface area is 216 Å². The monoisotopic (exact) mass is 504 g/mol. The number of aliphatic hydroxyl groups is 1. The molecular formula is C27H36N8O2. The molecule has 2 aliphatic heterocycles. The Hall–Kier alpha value is -3.08. The maximum atomic E-state index is 11.9. The Morgan fingerprint density at radius 2 is 1.84 bits per heavy atom. The van der Waals surface area contributed by atoms with E-state index in [1.807, 2.05) is 29.8 Å². The number of ether oxygens (including phenoxy) is 1. The summed E-state index contributed by atoms with van der Waals surface area (Å²) in [4.78, 5) is 24.6. The number of imidazole rings is 2. The van der Waals surface area contributed by atoms with Crippen LogP contribution < -0.4 is 4.90 Å². The predicted octanol–water partition coefficient (Wildman–Crippen LogP) is 2.79. The first-order chi connectivity index (χ1) is 17.9. The van der Waals surface area contributed by atoms with Crippen LogP contribution in [0.4, 0.5) is 5.82 Å². The Bertz CT molecular complexity index is 1440. The molecule has 2 aliphatic rings. The van der Waals surface area contributed by atoms with Crippen molar-refractivity contribution in [1.82, 2.24) is 34.0 Å². The summed E-state index contributed by atoms with van der Waals surface area (Å²) in [6.07, 6.45) is 2.35. The number of hydrogen-bond acceptors (Lipinski definition) is 8. The summed E-state index contributed by atoms with van der Waals surface area (Å²) < 4.78 is 9.66. The van der Waals surface area contributed by atoms with Crippen molar-refractivity contribution in [1.29, 1.82) is 0 Å². The van der Waals surface area contributed by atoms with Gasteiger partial charge in [0.2, 0.25) is 5.95 Å². The van der Waals surface area contributed by atoms with Crippen molar-refractivity contribution in [2.24, 2.45) is 7.05 Å². The third-order valence-corrected chi connectivity index (χ3v) is 7.79. The molecule has 0 radical (unpaired) electrons. The topological polar surface area (TPSA) is 97.4 Å². The van der Waals surface area contributed by atoms with Crippen molar-refractivity contribution in [2.45, 2.75) is 51.7 Å². The number of aromatic nitrogens is 6. The van der Waals surface area contributed by atoms with Crippen LogP contribution in [-0.4, -0.2) is 84.5 Å². The van der Waals surface area contributed by atoms with Gasteiger partial charge in [-0.05, 0) is 45.4 Å². The zero-order valence-corrected chi connectivity index (χ0v) is 22.2. The van der Waals surface area contributed by atoms with Gasteiger partial charge in [-0.2, -0.15) is 9.97 Å². The summed E-state index contributed by atoms with van der Waals surface area (Å²) in [6.45, 7) is 10.7. The van der Waals surface area contributed by atoms with Crippen LogP contribution in [0.2, 0.25) is 0 Å². The molecule has 1 atom stereocenters. The molecule has 2 saturated heterocycles. The molecule has 0 amide bonds. The summed E-state index contributed by atoms with van der Waals surface area (Å²) in [5, 5.41) is 11.9. The van der Waals surface area contributed by atoms with Gasteiger partial charge in [-0.1, -0.05) is 19.1 Å². The highest BCUT2D eigenvalue weighted by atomic mass is 16.5. The third kappa shape index (κ3) is 4.07. The first-order valence-electron chi connectivity index (χ1n) is 13.4. The fraction of sp³-hybridized carbons (Fsp3) is 0.556. The maximum Gasteiger partial charge on any atom is 0.239 e. The molecule has 2 fully saturated rings. The second-order valence-electron chi connectivity index (χ2n) is 10.5. The quantitative estimate of drug-likeness (QED) is 0.443. The average molecular weight is 505 g/mol. The smallest absolute Gasteiger partial charge is 0.239 e. The minimum atomic E-state index is -1.04. The number of piperidine rings is 1. The summed E-state index contributed by atoms with van der Waals surface area (Å²) in [6, 6.07) is 8.46. The number of fused-ring (bicyclic) bond motifs is 2. The minimum Gasteiger partial charge on any atom is -0.381 e. The summed E-state index contributed by atoms with van der Waals surface area (Å²) in [7, 11) is 1.96. The second kappa shape index (κ2) is 9.34. The highest BCUT2D eigenvalue weighted by molar-refractivity contribution is 5.86. The van der Waals surface area contributed by atoms with Gasteiger partial charge in [-0.3, -0.25) is 9.47 Å². The number of benzene rings is 1. The van der Waals surface area contributed by atoms with Crippen molar-refractivity contribution in [2.75, 3.05) is 44.3 Å². The molecule has 37 heavy (non-hydrogen) atoms. The van der Waals surface area contributed by atoms with E-state index in [1.165, 1.54) is 0 Å². The summed E-state index contributed by atoms with van der Waals surface area (Å²) in [5.74, 6) is 2.92. The molecule has 0 saturated carbocycles. The van der Waals surface area contributed by atoms with Crippen LogP contribution in [0.3, 0.4) is 0 Å². The van der Waals surface area contributed by atoms with Crippen molar-refractivity contribution in [3.8, 4) is 5.95 Å². The lowest BCUT2D eigenvalue weighted by Crippen LogP contribution is -2.49. The lowest BCUT2D eigenvalue weighted by molar-refractivity contribution is -0.0523. The van der Waals surface area contributed by atoms with E-state index >= 15 is 0 Å². The number of β-amino-alcohol motifs (C(OH)–C–C–N with tert-alkyl or cyclic N) is 1. The van der Waals surface area contributed by atoms with E-state index in [2.05, 4.69) is 41.2 Å². The largest absolute Gasteiger partial charge is 0.381 e. The first kappa shape index (κ1) is 24.3. The molecule has 6 rings (SSSR count). The zero-order valence-electron chi connectivity index (χ0n) is 22.2. The van der Waals surface area contributed by atoms with Gasteiger partial charge in [-0.15, -0.1) is 0 Å². The van der Waals surface area contributed by atoms with Gasteiger partial charge in [0.15, 0.2) is 17.0 Å². The van der Waals surface area contributed by atoms with E-state index in [-0.39, 0.29) is 0 Å². The van der Waals surface area contributed by atoms with E-state index in [0.29, 0.717) is 44.0 Å². The predicted molar refractivity (Wildman–Crippen MR) is 143 cm³/mol. The van der Waals surface area contributed by atoms with Gasteiger partial charge in [0.05, 0.1) is 24.2 Å². The Morgan fingerprint density at radius 3 is 2.59 bits per heavy atom. The fourth-order valence-corrected chi connectivity index (χ4v) is 5.78. The minimum absolute atomic E-state index is 0.360. The number of aryl methyl sites for hydroxylation is 2. The third-order valence-electron chi connectivity index (χ3n) is 7.79. The van der Waals surface area contributed by atoms with Crippen LogP contribution in [0.25, 0.3) is 28.1 Å². The van der Waals surface area contributed by atoms with Crippen LogP contribution in [0, 0.1) is 0 Å². The number of likely N-dealkylation sites (tertiary alicyclic amines) is 1. The van der Waals surface area contributed by atoms with E-state index in [0.717, 1.165) is 66.3 Å². The van der Waals surface area contributed by atoms with Gasteiger partial charge in [0.1, 0.15) is 17.2 Å². The number of nitrogens with zero attached hydrogens (tertiary/aromatic N) is 8. The first-order valence-corrected chi connectivity index (χ1v) is 13.4. The normalized spacial score (nSPS) is 21.5. The average Bonchev–Trinajstić information content (AvgIpc) is 3.46. The molecule has 4 aromatic rings. The van der Waals surface area contributed by atoms with Crippen LogP contribution in [0.1, 0.15) is 45.3 Å². The van der Waals surface area contributed by atoms with Crippen LogP contribution in [-0.2, 0) is 23.8 Å². The van der Waals surface area contributed by atoms with Crippen molar-refractivity contribution in [3.05, 3.63) is 35.9 Å². The molecule has 0 aliphatic carbocycles. The van der Waals surface area contributed by atoms with E-state index in [4.69, 9.17) is 24.7 Å². The highest BCUT2D eigenvalue weighted by Gasteiger charge is 2.40. The zero-order chi connectivity index (χ0) is 25.7. The fourth-order valence-electron chi connectivity index (χ4n) is 5.78. The molecule has 0 spiro atoms. The molecular weight excluding hydrogens is 468 g/mol. The molecule has 3 aromatic heterocycles. The Kier molecular flexibility index (Phi) is 6.13. The number of morpholine rings is 1. The number of hydrogen-bond donors (Lipinski definition) is 1. The van der Waals surface area contributed by atoms with Crippen LogP contribution >= 0.6 is 0 Å². The Balaban J connectivity index is 1.57. The molecule has 1 aromatic carbocycles. The van der Waals surface area contributed by atoms with Gasteiger partial charge in [0.25, 0.3) is 0 Å². The molecule has 0 unspecified atom stereocenters. The lowest BCUT2D eigenvalue weighted by atomic mass is 9.91. The van der Waals surface area contributed by atoms with Gasteiger partial charge in [-0.25, -0.2) is 9.97 Å². The standard InChI is InChI=1S/C27H36N8O2/c1-5-21-28-19-9-6-7-10-20(19)35(21)26-30-23-22(24(31-26)33-13-15-37-16-14-33)29-25(32(23)4)27(36)11-8-12-34(17-27)18(2)3/h6-7,9-10,18,36H,5,8,11-17H2,1-4H3/t27-/m0/s1. The molecule has 5 heterocycles. The Morgan fingerprint density at radius 1 is 1.05 bits per heavy atom. The molecule has 10 nitrogen and oxygen atoms in total. The second-order valence-corrected chi connectivity index (χ2v) is 10.5. The number of para-hydroxylation sites is 2. The molecule has 1 N–H and O–H groups in total. The van der Waals surface area contributed by atoms with Crippen LogP contribution in [0.5, 0.6) is 0 Å². The SMILES string of the molecule is CCc1nc2ccccc2n1-c1nc(N2CCOCC2)c2nc([C@]3(O)CCCN(C(C)C)C3)n(C)c2n1. The van der Waals surface area contributed by atoms with E-state index < -0.39 is 5.60 Å². The van der Waals surface area contributed by atoms with E-state index in [1.54, 1.807) is 0 Å². The van der Waals surface area contributed by atoms with Crippen LogP contribution in [0.15, 0.2) is 24.3 Å². The van der Waals surface area contributed by atoms with E-state index in [9.17, 15) is 5.11 Å². The van der Waals surface area contributed by atoms with Crippen molar-refractivity contribution in [3.63, 3.8) is 0 Å². The summed E-state index contributed by atoms with van der Waals surface area (Å²) >= 11 is 0. The maximum absolute atomic E-state index is 11.9. The van der Waals surface area contributed by atoms with Crippen molar-refractivity contribution < 1.29 is 9.84 Å². The summed E-state index contributed by atoms with van der Waals surface area (Å²) in [5.41, 5.74) is 2.30. The van der Waals surface area contributed by atoms with Gasteiger partial charge in [0, 0.05) is 39.1 Å². The van der Waals surface area contributed by atoms with Gasteiger partial charge >= 0.3 is 0 Å². The molecule has 10 heteroatoms. The van der Waals surface area contributed by atoms with Crippen molar-refractivity contribution >= 4 is 28.0 Å².